The SMILES string of the molecule is COc1ccc([C@@H]2C[C@@H]2N)cc1. The second-order valence-electron chi connectivity index (χ2n) is 3.28. The highest BCUT2D eigenvalue weighted by atomic mass is 16.5. The number of hydrogen-bond donors (Lipinski definition) is 1. The number of hydrogen-bond acceptors (Lipinski definition) is 2. The minimum atomic E-state index is 0.387. The van der Waals surface area contributed by atoms with Gasteiger partial charge in [0.2, 0.25) is 0 Å². The smallest absolute Gasteiger partial charge is 0.118 e. The maximum Gasteiger partial charge on any atom is 0.118 e. The summed E-state index contributed by atoms with van der Waals surface area (Å²) in [5.74, 6) is 1.50. The molecule has 0 aliphatic heterocycles. The highest BCUT2D eigenvalue weighted by Crippen LogP contribution is 2.39. The van der Waals surface area contributed by atoms with E-state index >= 15 is 0 Å². The summed E-state index contributed by atoms with van der Waals surface area (Å²) in [4.78, 5) is 0. The Morgan fingerprint density at radius 2 is 1.92 bits per heavy atom. The Bertz CT molecular complexity index is 268. The van der Waals surface area contributed by atoms with Gasteiger partial charge in [0.25, 0.3) is 0 Å². The van der Waals surface area contributed by atoms with Crippen molar-refractivity contribution in [3.8, 4) is 5.75 Å². The topological polar surface area (TPSA) is 35.2 Å². The molecule has 0 saturated heterocycles. The second-order valence-corrected chi connectivity index (χ2v) is 3.28. The molecule has 2 N–H and O–H groups in total. The zero-order valence-electron chi connectivity index (χ0n) is 7.16. The Morgan fingerprint density at radius 1 is 1.33 bits per heavy atom. The van der Waals surface area contributed by atoms with Crippen molar-refractivity contribution < 1.29 is 4.74 Å². The highest BCUT2D eigenvalue weighted by molar-refractivity contribution is 5.33. The first-order chi connectivity index (χ1) is 5.81. The van der Waals surface area contributed by atoms with Crippen LogP contribution in [0.3, 0.4) is 0 Å². The van der Waals surface area contributed by atoms with Gasteiger partial charge in [0.05, 0.1) is 7.11 Å². The lowest BCUT2D eigenvalue weighted by Gasteiger charge is -2.01. The van der Waals surface area contributed by atoms with E-state index in [4.69, 9.17) is 10.5 Å². The average Bonchev–Trinajstić information content (AvgIpc) is 2.83. The Hall–Kier alpha value is -1.02. The molecule has 0 heterocycles. The van der Waals surface area contributed by atoms with Crippen LogP contribution in [0.15, 0.2) is 24.3 Å². The molecule has 2 rings (SSSR count). The van der Waals surface area contributed by atoms with E-state index in [-0.39, 0.29) is 0 Å². The minimum absolute atomic E-state index is 0.387. The first kappa shape index (κ1) is 7.62. The van der Waals surface area contributed by atoms with E-state index in [2.05, 4.69) is 12.1 Å². The van der Waals surface area contributed by atoms with Gasteiger partial charge in [0.1, 0.15) is 5.75 Å². The molecule has 0 radical (unpaired) electrons. The molecular weight excluding hydrogens is 150 g/mol. The first-order valence-electron chi connectivity index (χ1n) is 4.21. The van der Waals surface area contributed by atoms with Gasteiger partial charge >= 0.3 is 0 Å². The molecule has 2 heteroatoms. The van der Waals surface area contributed by atoms with E-state index < -0.39 is 0 Å². The molecule has 0 amide bonds. The van der Waals surface area contributed by atoms with Crippen molar-refractivity contribution >= 4 is 0 Å². The van der Waals surface area contributed by atoms with Gasteiger partial charge in [-0.2, -0.15) is 0 Å². The molecule has 1 aliphatic rings. The lowest BCUT2D eigenvalue weighted by Crippen LogP contribution is -2.00. The van der Waals surface area contributed by atoms with Crippen molar-refractivity contribution in [2.75, 3.05) is 7.11 Å². The molecule has 0 unspecified atom stereocenters. The standard InChI is InChI=1S/C10H13NO/c1-12-8-4-2-7(3-5-8)9-6-10(9)11/h2-5,9-10H,6,11H2,1H3/t9-,10-/m0/s1. The maximum atomic E-state index is 5.74. The lowest BCUT2D eigenvalue weighted by molar-refractivity contribution is 0.414. The number of nitrogens with two attached hydrogens (primary N) is 1. The van der Waals surface area contributed by atoms with Gasteiger partial charge in [0, 0.05) is 12.0 Å². The lowest BCUT2D eigenvalue weighted by atomic mass is 10.1. The Labute approximate surface area is 72.3 Å². The van der Waals surface area contributed by atoms with Gasteiger partial charge in [-0.1, -0.05) is 12.1 Å². The molecule has 2 nitrogen and oxygen atoms in total. The van der Waals surface area contributed by atoms with Crippen LogP contribution in [0.4, 0.5) is 0 Å². The summed E-state index contributed by atoms with van der Waals surface area (Å²) in [7, 11) is 1.68. The summed E-state index contributed by atoms with van der Waals surface area (Å²) in [6, 6.07) is 8.55. The predicted octanol–water partition coefficient (Wildman–Crippen LogP) is 1.51. The van der Waals surface area contributed by atoms with Crippen LogP contribution in [-0.2, 0) is 0 Å². The van der Waals surface area contributed by atoms with Crippen molar-refractivity contribution in [2.45, 2.75) is 18.4 Å². The van der Waals surface area contributed by atoms with E-state index in [0.29, 0.717) is 12.0 Å². The fourth-order valence-electron chi connectivity index (χ4n) is 1.45. The average molecular weight is 163 g/mol. The molecule has 1 saturated carbocycles. The van der Waals surface area contributed by atoms with Crippen LogP contribution < -0.4 is 10.5 Å². The number of methoxy groups -OCH3 is 1. The van der Waals surface area contributed by atoms with E-state index in [1.54, 1.807) is 7.11 Å². The van der Waals surface area contributed by atoms with E-state index in [0.717, 1.165) is 12.2 Å². The third kappa shape index (κ3) is 1.30. The number of ether oxygens (including phenoxy) is 1. The fraction of sp³-hybridized carbons (Fsp3) is 0.400. The number of benzene rings is 1. The molecule has 1 fully saturated rings. The molecule has 64 valence electrons. The molecule has 1 aromatic carbocycles. The first-order valence-corrected chi connectivity index (χ1v) is 4.21. The normalized spacial score (nSPS) is 26.8. The van der Waals surface area contributed by atoms with Crippen LogP contribution >= 0.6 is 0 Å². The minimum Gasteiger partial charge on any atom is -0.497 e. The van der Waals surface area contributed by atoms with Crippen molar-refractivity contribution in [1.29, 1.82) is 0 Å². The largest absolute Gasteiger partial charge is 0.497 e. The van der Waals surface area contributed by atoms with Crippen molar-refractivity contribution in [3.63, 3.8) is 0 Å². The van der Waals surface area contributed by atoms with Crippen LogP contribution in [0.1, 0.15) is 17.9 Å². The van der Waals surface area contributed by atoms with E-state index in [9.17, 15) is 0 Å². The van der Waals surface area contributed by atoms with Gasteiger partial charge < -0.3 is 10.5 Å². The molecule has 2 atom stereocenters. The maximum absolute atomic E-state index is 5.74. The van der Waals surface area contributed by atoms with Gasteiger partial charge in [0.15, 0.2) is 0 Å². The summed E-state index contributed by atoms with van der Waals surface area (Å²) in [5.41, 5.74) is 7.07. The summed E-state index contributed by atoms with van der Waals surface area (Å²) >= 11 is 0. The Kier molecular flexibility index (Phi) is 1.77. The van der Waals surface area contributed by atoms with Crippen LogP contribution in [0.5, 0.6) is 5.75 Å². The summed E-state index contributed by atoms with van der Waals surface area (Å²) in [6.45, 7) is 0. The quantitative estimate of drug-likeness (QED) is 0.717. The zero-order valence-corrected chi connectivity index (χ0v) is 7.16. The van der Waals surface area contributed by atoms with Crippen LogP contribution in [0.2, 0.25) is 0 Å². The van der Waals surface area contributed by atoms with Crippen molar-refractivity contribution in [2.24, 2.45) is 5.73 Å². The van der Waals surface area contributed by atoms with Gasteiger partial charge in [-0.3, -0.25) is 0 Å². The Morgan fingerprint density at radius 3 is 2.33 bits per heavy atom. The molecule has 0 bridgehead atoms. The van der Waals surface area contributed by atoms with E-state index in [1.165, 1.54) is 5.56 Å². The Balaban J connectivity index is 2.14. The zero-order chi connectivity index (χ0) is 8.55. The van der Waals surface area contributed by atoms with Gasteiger partial charge in [-0.25, -0.2) is 0 Å². The molecule has 1 aromatic rings. The molecule has 0 aromatic heterocycles. The van der Waals surface area contributed by atoms with Gasteiger partial charge in [-0.15, -0.1) is 0 Å². The summed E-state index contributed by atoms with van der Waals surface area (Å²) in [5, 5.41) is 0. The molecule has 12 heavy (non-hydrogen) atoms. The van der Waals surface area contributed by atoms with Crippen LogP contribution in [0.25, 0.3) is 0 Å². The second kappa shape index (κ2) is 2.79. The van der Waals surface area contributed by atoms with Crippen molar-refractivity contribution in [3.05, 3.63) is 29.8 Å². The summed E-state index contributed by atoms with van der Waals surface area (Å²) in [6.07, 6.45) is 1.13. The highest BCUT2D eigenvalue weighted by Gasteiger charge is 2.34. The molecular formula is C10H13NO. The van der Waals surface area contributed by atoms with Crippen LogP contribution in [-0.4, -0.2) is 13.2 Å². The monoisotopic (exact) mass is 163 g/mol. The van der Waals surface area contributed by atoms with Crippen LogP contribution in [0, 0.1) is 0 Å². The van der Waals surface area contributed by atoms with E-state index in [1.807, 2.05) is 12.1 Å². The van der Waals surface area contributed by atoms with Gasteiger partial charge in [-0.05, 0) is 24.1 Å². The third-order valence-electron chi connectivity index (χ3n) is 2.38. The fourth-order valence-corrected chi connectivity index (χ4v) is 1.45. The number of rotatable bonds is 2. The van der Waals surface area contributed by atoms with Crippen molar-refractivity contribution in [1.82, 2.24) is 0 Å². The third-order valence-corrected chi connectivity index (χ3v) is 2.38. The molecule has 1 aliphatic carbocycles. The molecule has 0 spiro atoms. The summed E-state index contributed by atoms with van der Waals surface area (Å²) < 4.78 is 5.06. The predicted molar refractivity (Wildman–Crippen MR) is 48.3 cm³/mol.